The van der Waals surface area contributed by atoms with Crippen LogP contribution in [0.2, 0.25) is 0 Å². The van der Waals surface area contributed by atoms with Crippen LogP contribution in [0.25, 0.3) is 0 Å². The molecule has 2 aliphatic heterocycles. The van der Waals surface area contributed by atoms with Crippen LogP contribution in [-0.2, 0) is 0 Å². The third kappa shape index (κ3) is 3.43. The molecular formula is C17H26N2. The van der Waals surface area contributed by atoms with E-state index in [0.29, 0.717) is 12.1 Å². The van der Waals surface area contributed by atoms with Crippen LogP contribution in [0.15, 0.2) is 34.3 Å². The van der Waals surface area contributed by atoms with Crippen molar-refractivity contribution < 1.29 is 0 Å². The van der Waals surface area contributed by atoms with Gasteiger partial charge in [0.1, 0.15) is 0 Å². The molecule has 2 atom stereocenters. The Labute approximate surface area is 117 Å². The molecule has 2 nitrogen and oxygen atoms in total. The predicted octanol–water partition coefficient (Wildman–Crippen LogP) is 4.23. The molecule has 0 saturated heterocycles. The second kappa shape index (κ2) is 4.73. The Bertz CT molecular complexity index is 420. The molecule has 0 aromatic rings. The fraction of sp³-hybridized carbons (Fsp3) is 0.647. The van der Waals surface area contributed by atoms with Crippen LogP contribution in [0.4, 0.5) is 0 Å². The Morgan fingerprint density at radius 1 is 0.789 bits per heavy atom. The van der Waals surface area contributed by atoms with E-state index in [1.165, 1.54) is 0 Å². The van der Waals surface area contributed by atoms with Gasteiger partial charge in [0, 0.05) is 17.8 Å². The van der Waals surface area contributed by atoms with Crippen LogP contribution in [0.5, 0.6) is 0 Å². The topological polar surface area (TPSA) is 24.7 Å². The number of allylic oxidation sites excluding steroid dienone is 2. The van der Waals surface area contributed by atoms with Crippen molar-refractivity contribution in [2.75, 3.05) is 0 Å². The van der Waals surface area contributed by atoms with Crippen molar-refractivity contribution in [1.82, 2.24) is 0 Å². The lowest BCUT2D eigenvalue weighted by Gasteiger charge is -2.22. The van der Waals surface area contributed by atoms with Crippen molar-refractivity contribution in [2.24, 2.45) is 20.8 Å². The van der Waals surface area contributed by atoms with Gasteiger partial charge in [-0.15, -0.1) is 0 Å². The molecule has 0 N–H and O–H groups in total. The third-order valence-corrected chi connectivity index (χ3v) is 3.69. The average Bonchev–Trinajstić information content (AvgIpc) is 2.84. The van der Waals surface area contributed by atoms with Crippen molar-refractivity contribution in [1.29, 1.82) is 0 Å². The fourth-order valence-electron chi connectivity index (χ4n) is 2.29. The Morgan fingerprint density at radius 2 is 1.16 bits per heavy atom. The van der Waals surface area contributed by atoms with E-state index < -0.39 is 0 Å². The maximum Gasteiger partial charge on any atom is 0.0735 e. The molecule has 0 aromatic carbocycles. The second-order valence-electron chi connectivity index (χ2n) is 7.76. The Balaban J connectivity index is 2.02. The third-order valence-electron chi connectivity index (χ3n) is 3.69. The number of rotatable bonds is 2. The molecule has 0 aromatic heterocycles. The summed E-state index contributed by atoms with van der Waals surface area (Å²) in [5.74, 6) is 0. The minimum atomic E-state index is 0.208. The van der Waals surface area contributed by atoms with Gasteiger partial charge >= 0.3 is 0 Å². The lowest BCUT2D eigenvalue weighted by Crippen LogP contribution is -2.21. The summed E-state index contributed by atoms with van der Waals surface area (Å²) in [5, 5.41) is 0. The van der Waals surface area contributed by atoms with Gasteiger partial charge in [-0.1, -0.05) is 53.7 Å². The standard InChI is InChI=1S/C17H26N2/c1-16(2,3)14-9-7-12(18-14)11-13-8-10-15(19-13)17(4,5)6/h7-10,14-15H,11H2,1-6H3/t14-,15-/m0/s1. The lowest BCUT2D eigenvalue weighted by atomic mass is 9.88. The first-order valence-corrected chi connectivity index (χ1v) is 7.16. The zero-order valence-corrected chi connectivity index (χ0v) is 13.1. The maximum atomic E-state index is 4.80. The molecule has 2 heteroatoms. The van der Waals surface area contributed by atoms with Crippen LogP contribution in [0.1, 0.15) is 48.0 Å². The lowest BCUT2D eigenvalue weighted by molar-refractivity contribution is 0.370. The van der Waals surface area contributed by atoms with Gasteiger partial charge in [0.05, 0.1) is 12.1 Å². The van der Waals surface area contributed by atoms with Crippen molar-refractivity contribution in [2.45, 2.75) is 60.0 Å². The van der Waals surface area contributed by atoms with E-state index in [0.717, 1.165) is 17.8 Å². The zero-order chi connectivity index (χ0) is 14.3. The molecule has 0 aliphatic carbocycles. The van der Waals surface area contributed by atoms with Crippen LogP contribution >= 0.6 is 0 Å². The molecule has 0 saturated carbocycles. The van der Waals surface area contributed by atoms with Gasteiger partial charge in [0.15, 0.2) is 0 Å². The maximum absolute atomic E-state index is 4.80. The molecule has 2 rings (SSSR count). The summed E-state index contributed by atoms with van der Waals surface area (Å²) in [6.07, 6.45) is 9.63. The first-order valence-electron chi connectivity index (χ1n) is 7.16. The molecule has 0 bridgehead atoms. The highest BCUT2D eigenvalue weighted by atomic mass is 14.9. The highest BCUT2D eigenvalue weighted by molar-refractivity contribution is 6.14. The molecule has 0 amide bonds. The quantitative estimate of drug-likeness (QED) is 0.708. The SMILES string of the molecule is CC(C)(C)[C@@H]1C=CC(CC2=N[C@H](C(C)(C)C)C=C2)=N1. The summed E-state index contributed by atoms with van der Waals surface area (Å²) in [7, 11) is 0. The number of hydrogen-bond acceptors (Lipinski definition) is 2. The largest absolute Gasteiger partial charge is 0.281 e. The van der Waals surface area contributed by atoms with E-state index in [1.54, 1.807) is 0 Å². The van der Waals surface area contributed by atoms with Crippen LogP contribution in [-0.4, -0.2) is 23.5 Å². The Hall–Kier alpha value is -1.18. The van der Waals surface area contributed by atoms with E-state index >= 15 is 0 Å². The van der Waals surface area contributed by atoms with Gasteiger partial charge in [-0.05, 0) is 23.0 Å². The Kier molecular flexibility index (Phi) is 3.55. The average molecular weight is 258 g/mol. The van der Waals surface area contributed by atoms with E-state index in [2.05, 4.69) is 65.8 Å². The van der Waals surface area contributed by atoms with Crippen molar-refractivity contribution in [3.8, 4) is 0 Å². The highest BCUT2D eigenvalue weighted by Crippen LogP contribution is 2.29. The first-order chi connectivity index (χ1) is 8.66. The fourth-order valence-corrected chi connectivity index (χ4v) is 2.29. The second-order valence-corrected chi connectivity index (χ2v) is 7.76. The molecule has 0 unspecified atom stereocenters. The molecule has 0 fully saturated rings. The number of nitrogens with zero attached hydrogens (tertiary/aromatic N) is 2. The van der Waals surface area contributed by atoms with Gasteiger partial charge in [-0.2, -0.15) is 0 Å². The van der Waals surface area contributed by atoms with Crippen LogP contribution < -0.4 is 0 Å². The van der Waals surface area contributed by atoms with Gasteiger partial charge in [-0.25, -0.2) is 0 Å². The first kappa shape index (κ1) is 14.2. The highest BCUT2D eigenvalue weighted by Gasteiger charge is 2.27. The van der Waals surface area contributed by atoms with Crippen molar-refractivity contribution in [3.63, 3.8) is 0 Å². The van der Waals surface area contributed by atoms with E-state index in [1.807, 2.05) is 0 Å². The molecular weight excluding hydrogens is 232 g/mol. The van der Waals surface area contributed by atoms with E-state index in [-0.39, 0.29) is 10.8 Å². The summed E-state index contributed by atoms with van der Waals surface area (Å²) in [5.41, 5.74) is 2.75. The summed E-state index contributed by atoms with van der Waals surface area (Å²) in [6, 6.07) is 0.624. The summed E-state index contributed by atoms with van der Waals surface area (Å²) in [4.78, 5) is 9.60. The number of hydrogen-bond donors (Lipinski definition) is 0. The van der Waals surface area contributed by atoms with E-state index in [9.17, 15) is 0 Å². The summed E-state index contributed by atoms with van der Waals surface area (Å²) < 4.78 is 0. The number of aliphatic imine (C=N–C) groups is 2. The van der Waals surface area contributed by atoms with Gasteiger partial charge < -0.3 is 0 Å². The molecule has 0 spiro atoms. The monoisotopic (exact) mass is 258 g/mol. The van der Waals surface area contributed by atoms with Gasteiger partial charge in [0.25, 0.3) is 0 Å². The smallest absolute Gasteiger partial charge is 0.0735 e. The van der Waals surface area contributed by atoms with Gasteiger partial charge in [-0.3, -0.25) is 9.98 Å². The molecule has 2 heterocycles. The predicted molar refractivity (Wildman–Crippen MR) is 84.3 cm³/mol. The minimum absolute atomic E-state index is 0.208. The normalized spacial score (nSPS) is 26.8. The van der Waals surface area contributed by atoms with Gasteiger partial charge in [0.2, 0.25) is 0 Å². The van der Waals surface area contributed by atoms with Crippen LogP contribution in [0.3, 0.4) is 0 Å². The van der Waals surface area contributed by atoms with E-state index in [4.69, 9.17) is 9.98 Å². The Morgan fingerprint density at radius 3 is 1.42 bits per heavy atom. The summed E-state index contributed by atoms with van der Waals surface area (Å²) in [6.45, 7) is 13.4. The molecule has 2 aliphatic rings. The zero-order valence-electron chi connectivity index (χ0n) is 13.1. The minimum Gasteiger partial charge on any atom is -0.281 e. The molecule has 104 valence electrons. The van der Waals surface area contributed by atoms with Crippen LogP contribution in [0, 0.1) is 10.8 Å². The van der Waals surface area contributed by atoms with Crippen molar-refractivity contribution in [3.05, 3.63) is 24.3 Å². The summed E-state index contributed by atoms with van der Waals surface area (Å²) >= 11 is 0. The molecule has 19 heavy (non-hydrogen) atoms. The van der Waals surface area contributed by atoms with Crippen molar-refractivity contribution >= 4 is 11.4 Å². The molecule has 0 radical (unpaired) electrons.